The Morgan fingerprint density at radius 3 is 2.00 bits per heavy atom. The fraction of sp³-hybridized carbons (Fsp3) is 0.433. The predicted octanol–water partition coefficient (Wildman–Crippen LogP) is 10.4. The maximum atomic E-state index is 11.6. The molecule has 0 aliphatic rings. The van der Waals surface area contributed by atoms with Gasteiger partial charge >= 0.3 is 5.63 Å². The second-order valence-electron chi connectivity index (χ2n) is 9.62. The van der Waals surface area contributed by atoms with Crippen LogP contribution in [0.25, 0.3) is 30.1 Å². The zero-order valence-electron chi connectivity index (χ0n) is 22.0. The van der Waals surface area contributed by atoms with E-state index in [1.807, 2.05) is 33.7 Å². The maximum Gasteiger partial charge on any atom is 0.345 e. The Labute approximate surface area is 240 Å². The minimum absolute atomic E-state index is 0.234. The number of rotatable bonds is 12. The van der Waals surface area contributed by atoms with E-state index in [0.717, 1.165) is 50.4 Å². The summed E-state index contributed by atoms with van der Waals surface area (Å²) in [5, 5.41) is 30.2. The monoisotopic (exact) mass is 588 g/mol. The molecule has 0 unspecified atom stereocenters. The largest absolute Gasteiger partial charge is 0.506 e. The summed E-state index contributed by atoms with van der Waals surface area (Å²) >= 11 is 6.37. The molecule has 0 aliphatic heterocycles. The van der Waals surface area contributed by atoms with Crippen LogP contribution in [-0.4, -0.2) is 10.2 Å². The van der Waals surface area contributed by atoms with Crippen molar-refractivity contribution in [2.75, 3.05) is 0 Å². The SMILES string of the molecule is CCCCCCC(O)(CCCCCC)c1ccsc1-c1sccc1O.O=c1oc2ccsc2c2sccc12. The smallest absolute Gasteiger partial charge is 0.345 e. The Balaban J connectivity index is 0.000000213. The van der Waals surface area contributed by atoms with Crippen molar-refractivity contribution in [1.82, 2.24) is 0 Å². The topological polar surface area (TPSA) is 70.7 Å². The molecule has 5 heterocycles. The Kier molecular flexibility index (Phi) is 10.6. The molecule has 0 amide bonds. The molecule has 5 rings (SSSR count). The van der Waals surface area contributed by atoms with Crippen LogP contribution in [0.3, 0.4) is 0 Å². The molecule has 5 aromatic heterocycles. The molecule has 2 N–H and O–H groups in total. The van der Waals surface area contributed by atoms with Gasteiger partial charge in [-0.15, -0.1) is 45.3 Å². The van der Waals surface area contributed by atoms with Gasteiger partial charge in [-0.3, -0.25) is 0 Å². The summed E-state index contributed by atoms with van der Waals surface area (Å²) in [5.74, 6) is 0.327. The van der Waals surface area contributed by atoms with E-state index in [2.05, 4.69) is 19.9 Å². The number of unbranched alkanes of at least 4 members (excludes halogenated alkanes) is 6. The lowest BCUT2D eigenvalue weighted by atomic mass is 9.83. The summed E-state index contributed by atoms with van der Waals surface area (Å²) < 4.78 is 7.25. The number of fused-ring (bicyclic) bond motifs is 3. The molecule has 0 radical (unpaired) electrons. The predicted molar refractivity (Wildman–Crippen MR) is 166 cm³/mol. The van der Waals surface area contributed by atoms with Crippen molar-refractivity contribution in [2.24, 2.45) is 0 Å². The molecule has 0 saturated carbocycles. The van der Waals surface area contributed by atoms with Crippen LogP contribution in [0.5, 0.6) is 5.75 Å². The van der Waals surface area contributed by atoms with Gasteiger partial charge in [0.05, 0.1) is 30.1 Å². The highest BCUT2D eigenvalue weighted by Crippen LogP contribution is 2.46. The second kappa shape index (κ2) is 13.9. The molecule has 0 spiro atoms. The molecule has 0 fully saturated rings. The molecular weight excluding hydrogens is 553 g/mol. The van der Waals surface area contributed by atoms with E-state index >= 15 is 0 Å². The lowest BCUT2D eigenvalue weighted by Gasteiger charge is -2.29. The zero-order valence-corrected chi connectivity index (χ0v) is 25.3. The van der Waals surface area contributed by atoms with E-state index in [1.165, 1.54) is 38.5 Å². The molecule has 0 atom stereocenters. The van der Waals surface area contributed by atoms with Crippen LogP contribution in [0.2, 0.25) is 0 Å². The highest BCUT2D eigenvalue weighted by atomic mass is 32.1. The third-order valence-corrected chi connectivity index (χ3v) is 10.8. The maximum absolute atomic E-state index is 11.6. The van der Waals surface area contributed by atoms with Gasteiger partial charge in [0.2, 0.25) is 0 Å². The zero-order chi connectivity index (χ0) is 27.0. The van der Waals surface area contributed by atoms with Gasteiger partial charge in [0, 0.05) is 5.56 Å². The van der Waals surface area contributed by atoms with Crippen LogP contribution in [0, 0.1) is 0 Å². The standard InChI is InChI=1S/C21H32O2S2.C9H4O2S2/c1-3-5-7-9-13-21(23,14-10-8-6-4-2)17-11-15-24-19(17)20-18(22)12-16-25-20;10-9-5-1-3-12-7(5)8-6(11-9)2-4-13-8/h11-12,15-16,22-23H,3-10,13-14H2,1-2H3;1-4H. The third kappa shape index (κ3) is 6.77. The molecule has 0 aliphatic carbocycles. The Morgan fingerprint density at radius 2 is 1.34 bits per heavy atom. The molecule has 0 saturated heterocycles. The molecule has 5 aromatic rings. The number of hydrogen-bond donors (Lipinski definition) is 2. The van der Waals surface area contributed by atoms with Gasteiger partial charge in [-0.05, 0) is 58.6 Å². The highest BCUT2D eigenvalue weighted by Gasteiger charge is 2.32. The lowest BCUT2D eigenvalue weighted by molar-refractivity contribution is 0.0142. The quantitative estimate of drug-likeness (QED) is 0.142. The van der Waals surface area contributed by atoms with Gasteiger partial charge in [0.15, 0.2) is 5.58 Å². The summed E-state index contributed by atoms with van der Waals surface area (Å²) in [6.45, 7) is 4.43. The molecular formula is C30H36O4S4. The van der Waals surface area contributed by atoms with Crippen molar-refractivity contribution in [3.63, 3.8) is 0 Å². The van der Waals surface area contributed by atoms with Crippen LogP contribution in [0.1, 0.15) is 83.6 Å². The summed E-state index contributed by atoms with van der Waals surface area (Å²) in [5.41, 5.74) is 0.711. The average molecular weight is 589 g/mol. The molecule has 38 heavy (non-hydrogen) atoms. The van der Waals surface area contributed by atoms with E-state index in [4.69, 9.17) is 4.42 Å². The van der Waals surface area contributed by atoms with Crippen LogP contribution < -0.4 is 5.63 Å². The van der Waals surface area contributed by atoms with Crippen LogP contribution in [0.4, 0.5) is 0 Å². The van der Waals surface area contributed by atoms with Crippen LogP contribution in [0.15, 0.2) is 55.0 Å². The molecule has 8 heteroatoms. The van der Waals surface area contributed by atoms with Crippen molar-refractivity contribution < 1.29 is 14.6 Å². The Morgan fingerprint density at radius 1 is 0.737 bits per heavy atom. The third-order valence-electron chi connectivity index (χ3n) is 6.83. The number of thiophene rings is 4. The first-order chi connectivity index (χ1) is 18.5. The van der Waals surface area contributed by atoms with E-state index in [0.29, 0.717) is 16.7 Å². The van der Waals surface area contributed by atoms with Crippen molar-refractivity contribution in [3.8, 4) is 15.5 Å². The summed E-state index contributed by atoms with van der Waals surface area (Å²) in [4.78, 5) is 13.3. The Hall–Kier alpha value is -1.97. The van der Waals surface area contributed by atoms with Gasteiger partial charge in [-0.1, -0.05) is 65.2 Å². The molecule has 0 aromatic carbocycles. The van der Waals surface area contributed by atoms with E-state index in [1.54, 1.807) is 51.4 Å². The van der Waals surface area contributed by atoms with Gasteiger partial charge in [-0.25, -0.2) is 4.79 Å². The second-order valence-corrected chi connectivity index (χ2v) is 13.3. The normalized spacial score (nSPS) is 11.8. The fourth-order valence-corrected chi connectivity index (χ4v) is 8.60. The lowest BCUT2D eigenvalue weighted by Crippen LogP contribution is -2.26. The van der Waals surface area contributed by atoms with Gasteiger partial charge < -0.3 is 14.6 Å². The van der Waals surface area contributed by atoms with E-state index < -0.39 is 5.60 Å². The van der Waals surface area contributed by atoms with Gasteiger partial charge in [0.1, 0.15) is 5.75 Å². The number of aromatic hydroxyl groups is 1. The molecule has 204 valence electrons. The molecule has 0 bridgehead atoms. The van der Waals surface area contributed by atoms with Crippen molar-refractivity contribution >= 4 is 65.7 Å². The van der Waals surface area contributed by atoms with Crippen LogP contribution >= 0.6 is 45.3 Å². The number of hydrogen-bond acceptors (Lipinski definition) is 8. The fourth-order valence-electron chi connectivity index (χ4n) is 4.75. The first-order valence-electron chi connectivity index (χ1n) is 13.4. The highest BCUT2D eigenvalue weighted by molar-refractivity contribution is 7.25. The summed E-state index contributed by atoms with van der Waals surface area (Å²) in [6.07, 6.45) is 11.0. The van der Waals surface area contributed by atoms with Crippen molar-refractivity contribution in [2.45, 2.75) is 83.7 Å². The van der Waals surface area contributed by atoms with E-state index in [9.17, 15) is 15.0 Å². The number of aliphatic hydroxyl groups is 1. The minimum atomic E-state index is -0.771. The minimum Gasteiger partial charge on any atom is -0.506 e. The Bertz CT molecular complexity index is 1460. The average Bonchev–Trinajstić information content (AvgIpc) is 3.71. The van der Waals surface area contributed by atoms with Crippen molar-refractivity contribution in [1.29, 1.82) is 0 Å². The molecule has 4 nitrogen and oxygen atoms in total. The summed E-state index contributed by atoms with van der Waals surface area (Å²) in [6, 6.07) is 7.45. The van der Waals surface area contributed by atoms with Crippen LogP contribution in [-0.2, 0) is 5.60 Å². The van der Waals surface area contributed by atoms with Gasteiger partial charge in [-0.2, -0.15) is 0 Å². The van der Waals surface area contributed by atoms with Crippen molar-refractivity contribution in [3.05, 3.63) is 61.8 Å². The van der Waals surface area contributed by atoms with Gasteiger partial charge in [0.25, 0.3) is 0 Å². The van der Waals surface area contributed by atoms with E-state index in [-0.39, 0.29) is 5.63 Å². The first-order valence-corrected chi connectivity index (χ1v) is 16.9. The summed E-state index contributed by atoms with van der Waals surface area (Å²) in [7, 11) is 0. The first kappa shape index (κ1) is 29.0.